The highest BCUT2D eigenvalue weighted by molar-refractivity contribution is 6.09. The van der Waals surface area contributed by atoms with Crippen molar-refractivity contribution < 1.29 is 9.18 Å². The maximum Gasteiger partial charge on any atom is 0.193 e. The number of carbonyl (C=O) groups excluding carboxylic acids is 1. The Bertz CT molecular complexity index is 523. The molecule has 0 aliphatic heterocycles. The Morgan fingerprint density at radius 3 is 2.31 bits per heavy atom. The minimum atomic E-state index is -0.568. The molecule has 0 aromatic heterocycles. The Morgan fingerprint density at radius 2 is 1.69 bits per heavy atom. The summed E-state index contributed by atoms with van der Waals surface area (Å²) < 4.78 is 13.2. The molecule has 0 aliphatic rings. The summed E-state index contributed by atoms with van der Waals surface area (Å²) in [6.07, 6.45) is 0. The Labute approximate surface area is 92.5 Å². The number of carbonyl (C=O) groups is 1. The Balaban J connectivity index is 2.39. The van der Waals surface area contributed by atoms with Crippen LogP contribution in [0.5, 0.6) is 0 Å². The van der Waals surface area contributed by atoms with Gasteiger partial charge in [0.1, 0.15) is 5.82 Å². The zero-order chi connectivity index (χ0) is 11.5. The van der Waals surface area contributed by atoms with Gasteiger partial charge in [0.15, 0.2) is 5.78 Å². The van der Waals surface area contributed by atoms with Crippen molar-refractivity contribution >= 4 is 11.5 Å². The molecule has 0 amide bonds. The van der Waals surface area contributed by atoms with Gasteiger partial charge in [0.2, 0.25) is 0 Å². The molecule has 0 heterocycles. The highest BCUT2D eigenvalue weighted by Crippen LogP contribution is 2.15. The fourth-order valence-electron chi connectivity index (χ4n) is 1.42. The number of hydrogen-bond donors (Lipinski definition) is 1. The fourth-order valence-corrected chi connectivity index (χ4v) is 1.42. The maximum absolute atomic E-state index is 13.2. The number of halogens is 1. The molecule has 2 aromatic carbocycles. The molecule has 0 spiro atoms. The van der Waals surface area contributed by atoms with Crippen molar-refractivity contribution in [3.8, 4) is 0 Å². The van der Waals surface area contributed by atoms with Crippen molar-refractivity contribution in [1.82, 2.24) is 0 Å². The van der Waals surface area contributed by atoms with Crippen molar-refractivity contribution in [3.05, 3.63) is 65.5 Å². The largest absolute Gasteiger partial charge is 0.396 e. The summed E-state index contributed by atoms with van der Waals surface area (Å²) >= 11 is 0. The van der Waals surface area contributed by atoms with Gasteiger partial charge in [0, 0.05) is 11.1 Å². The third-order valence-electron chi connectivity index (χ3n) is 2.30. The maximum atomic E-state index is 13.2. The molecule has 2 N–H and O–H groups in total. The molecule has 0 fully saturated rings. The van der Waals surface area contributed by atoms with Gasteiger partial charge >= 0.3 is 0 Å². The van der Waals surface area contributed by atoms with Crippen LogP contribution in [0.25, 0.3) is 0 Å². The zero-order valence-electron chi connectivity index (χ0n) is 8.48. The van der Waals surface area contributed by atoms with Crippen LogP contribution in [0, 0.1) is 5.82 Å². The molecule has 16 heavy (non-hydrogen) atoms. The molecular weight excluding hydrogens is 205 g/mol. The lowest BCUT2D eigenvalue weighted by atomic mass is 10.0. The SMILES string of the molecule is Nc1ccc(C(=O)c2ccccc2)cc1F. The lowest BCUT2D eigenvalue weighted by molar-refractivity contribution is 0.103. The monoisotopic (exact) mass is 215 g/mol. The first-order valence-electron chi connectivity index (χ1n) is 4.83. The van der Waals surface area contributed by atoms with Gasteiger partial charge in [-0.15, -0.1) is 0 Å². The molecule has 0 bridgehead atoms. The third kappa shape index (κ3) is 1.93. The van der Waals surface area contributed by atoms with E-state index in [1.807, 2.05) is 6.07 Å². The van der Waals surface area contributed by atoms with Crippen LogP contribution in [0.1, 0.15) is 15.9 Å². The fraction of sp³-hybridized carbons (Fsp3) is 0. The standard InChI is InChI=1S/C13H10FNO/c14-11-8-10(6-7-12(11)15)13(16)9-4-2-1-3-5-9/h1-8H,15H2. The summed E-state index contributed by atoms with van der Waals surface area (Å²) in [5.74, 6) is -0.777. The number of anilines is 1. The van der Waals surface area contributed by atoms with Gasteiger partial charge in [-0.2, -0.15) is 0 Å². The van der Waals surface area contributed by atoms with Crippen LogP contribution >= 0.6 is 0 Å². The number of nitrogens with two attached hydrogens (primary N) is 1. The summed E-state index contributed by atoms with van der Waals surface area (Å²) in [4.78, 5) is 11.9. The van der Waals surface area contributed by atoms with Crippen molar-refractivity contribution in [3.63, 3.8) is 0 Å². The van der Waals surface area contributed by atoms with Gasteiger partial charge in [0.25, 0.3) is 0 Å². The molecule has 2 rings (SSSR count). The quantitative estimate of drug-likeness (QED) is 0.618. The van der Waals surface area contributed by atoms with E-state index in [-0.39, 0.29) is 11.5 Å². The molecule has 0 atom stereocenters. The number of benzene rings is 2. The highest BCUT2D eigenvalue weighted by Gasteiger charge is 2.10. The van der Waals surface area contributed by atoms with E-state index in [0.717, 1.165) is 6.07 Å². The van der Waals surface area contributed by atoms with Crippen LogP contribution in [-0.4, -0.2) is 5.78 Å². The molecule has 2 nitrogen and oxygen atoms in total. The first-order chi connectivity index (χ1) is 7.68. The lowest BCUT2D eigenvalue weighted by Gasteiger charge is -2.02. The minimum Gasteiger partial charge on any atom is -0.396 e. The van der Waals surface area contributed by atoms with Gasteiger partial charge < -0.3 is 5.73 Å². The summed E-state index contributed by atoms with van der Waals surface area (Å²) in [6, 6.07) is 12.8. The average Bonchev–Trinajstić information content (AvgIpc) is 2.33. The Morgan fingerprint density at radius 1 is 1.00 bits per heavy atom. The molecule has 80 valence electrons. The highest BCUT2D eigenvalue weighted by atomic mass is 19.1. The van der Waals surface area contributed by atoms with Crippen LogP contribution in [0.15, 0.2) is 48.5 Å². The Kier molecular flexibility index (Phi) is 2.68. The van der Waals surface area contributed by atoms with E-state index in [0.29, 0.717) is 11.1 Å². The molecule has 0 saturated carbocycles. The van der Waals surface area contributed by atoms with E-state index in [1.54, 1.807) is 24.3 Å². The number of rotatable bonds is 2. The van der Waals surface area contributed by atoms with E-state index in [9.17, 15) is 9.18 Å². The summed E-state index contributed by atoms with van der Waals surface area (Å²) in [7, 11) is 0. The second kappa shape index (κ2) is 4.14. The van der Waals surface area contributed by atoms with Crippen molar-refractivity contribution in [1.29, 1.82) is 0 Å². The number of ketones is 1. The minimum absolute atomic E-state index is 0.0459. The predicted molar refractivity (Wildman–Crippen MR) is 60.7 cm³/mol. The van der Waals surface area contributed by atoms with E-state index in [2.05, 4.69) is 0 Å². The number of hydrogen-bond acceptors (Lipinski definition) is 2. The first kappa shape index (κ1) is 10.4. The molecular formula is C13H10FNO. The van der Waals surface area contributed by atoms with Crippen LogP contribution in [-0.2, 0) is 0 Å². The van der Waals surface area contributed by atoms with Gasteiger partial charge in [-0.1, -0.05) is 30.3 Å². The van der Waals surface area contributed by atoms with Crippen molar-refractivity contribution in [2.75, 3.05) is 5.73 Å². The van der Waals surface area contributed by atoms with Crippen molar-refractivity contribution in [2.45, 2.75) is 0 Å². The van der Waals surface area contributed by atoms with Crippen LogP contribution in [0.3, 0.4) is 0 Å². The smallest absolute Gasteiger partial charge is 0.193 e. The summed E-state index contributed by atoms with van der Waals surface area (Å²) in [5, 5.41) is 0. The van der Waals surface area contributed by atoms with E-state index in [1.165, 1.54) is 12.1 Å². The number of nitrogen functional groups attached to an aromatic ring is 1. The van der Waals surface area contributed by atoms with Gasteiger partial charge in [-0.25, -0.2) is 4.39 Å². The van der Waals surface area contributed by atoms with Gasteiger partial charge in [-0.05, 0) is 18.2 Å². The predicted octanol–water partition coefficient (Wildman–Crippen LogP) is 2.64. The second-order valence-corrected chi connectivity index (χ2v) is 3.43. The topological polar surface area (TPSA) is 43.1 Å². The molecule has 0 saturated heterocycles. The van der Waals surface area contributed by atoms with Gasteiger partial charge in [-0.3, -0.25) is 4.79 Å². The Hall–Kier alpha value is -2.16. The van der Waals surface area contributed by atoms with Crippen LogP contribution in [0.4, 0.5) is 10.1 Å². The van der Waals surface area contributed by atoms with E-state index >= 15 is 0 Å². The summed E-state index contributed by atoms with van der Waals surface area (Å²) in [5.41, 5.74) is 6.22. The molecule has 2 aromatic rings. The molecule has 3 heteroatoms. The van der Waals surface area contributed by atoms with E-state index < -0.39 is 5.82 Å². The second-order valence-electron chi connectivity index (χ2n) is 3.43. The third-order valence-corrected chi connectivity index (χ3v) is 2.30. The van der Waals surface area contributed by atoms with Crippen molar-refractivity contribution in [2.24, 2.45) is 0 Å². The zero-order valence-corrected chi connectivity index (χ0v) is 8.48. The normalized spacial score (nSPS) is 10.1. The lowest BCUT2D eigenvalue weighted by Crippen LogP contribution is -2.02. The molecule has 0 radical (unpaired) electrons. The van der Waals surface area contributed by atoms with E-state index in [4.69, 9.17) is 5.73 Å². The molecule has 0 aliphatic carbocycles. The van der Waals surface area contributed by atoms with Crippen LogP contribution < -0.4 is 5.73 Å². The summed E-state index contributed by atoms with van der Waals surface area (Å²) in [6.45, 7) is 0. The van der Waals surface area contributed by atoms with Gasteiger partial charge in [0.05, 0.1) is 5.69 Å². The molecule has 0 unspecified atom stereocenters. The van der Waals surface area contributed by atoms with Crippen LogP contribution in [0.2, 0.25) is 0 Å². The average molecular weight is 215 g/mol. The first-order valence-corrected chi connectivity index (χ1v) is 4.83.